The Labute approximate surface area is 72.9 Å². The third-order valence-electron chi connectivity index (χ3n) is 2.16. The van der Waals surface area contributed by atoms with Crippen molar-refractivity contribution in [2.24, 2.45) is 0 Å². The second-order valence-corrected chi connectivity index (χ2v) is 3.07. The van der Waals surface area contributed by atoms with Crippen molar-refractivity contribution in [3.8, 4) is 0 Å². The van der Waals surface area contributed by atoms with Gasteiger partial charge in [-0.2, -0.15) is 0 Å². The highest BCUT2D eigenvalue weighted by Gasteiger charge is 2.40. The Kier molecular flexibility index (Phi) is 3.03. The van der Waals surface area contributed by atoms with Crippen LogP contribution in [0.4, 0.5) is 0 Å². The molecule has 0 atom stereocenters. The summed E-state index contributed by atoms with van der Waals surface area (Å²) in [6.07, 6.45) is 4.82. The Bertz CT molecular complexity index is 169. The fraction of sp³-hybridized carbons (Fsp3) is 0.556. The Hall–Kier alpha value is -0.640. The van der Waals surface area contributed by atoms with Gasteiger partial charge in [-0.05, 0) is 12.8 Å². The Morgan fingerprint density at radius 3 is 2.33 bits per heavy atom. The fourth-order valence-corrected chi connectivity index (χ4v) is 1.47. The lowest BCUT2D eigenvalue weighted by molar-refractivity contribution is -0.211. The summed E-state index contributed by atoms with van der Waals surface area (Å²) in [4.78, 5) is 0. The third-order valence-corrected chi connectivity index (χ3v) is 2.16. The summed E-state index contributed by atoms with van der Waals surface area (Å²) in [5.41, 5.74) is -0.427. The first-order valence-electron chi connectivity index (χ1n) is 3.99. The maximum atomic E-state index is 11.4. The van der Waals surface area contributed by atoms with Crippen molar-refractivity contribution in [2.45, 2.75) is 18.4 Å². The predicted octanol–water partition coefficient (Wildman–Crippen LogP) is 1.51. The minimum Gasteiger partial charge on any atom is -0.362 e. The molecule has 1 aliphatic heterocycles. The first-order valence-corrected chi connectivity index (χ1v) is 3.99. The van der Waals surface area contributed by atoms with E-state index in [0.29, 0.717) is 19.4 Å². The number of rotatable bonds is 4. The van der Waals surface area contributed by atoms with Gasteiger partial charge in [-0.25, -0.2) is 0 Å². The van der Waals surface area contributed by atoms with Gasteiger partial charge in [-0.3, -0.25) is 0 Å². The lowest BCUT2D eigenvalue weighted by Gasteiger charge is -2.28. The summed E-state index contributed by atoms with van der Waals surface area (Å²) in [5, 5.41) is 12.4. The van der Waals surface area contributed by atoms with Gasteiger partial charge in [0.2, 0.25) is 0 Å². The minimum absolute atomic E-state index is 0.168. The molecule has 0 aromatic rings. The van der Waals surface area contributed by atoms with Crippen LogP contribution in [0.2, 0.25) is 0 Å². The van der Waals surface area contributed by atoms with Crippen LogP contribution in [0.1, 0.15) is 12.8 Å². The number of hydroxylamine groups is 2. The average molecular weight is 168 g/mol. The highest BCUT2D eigenvalue weighted by Crippen LogP contribution is 2.29. The fourth-order valence-electron chi connectivity index (χ4n) is 1.47. The van der Waals surface area contributed by atoms with Crippen molar-refractivity contribution in [1.29, 1.82) is 0 Å². The quantitative estimate of drug-likeness (QED) is 0.596. The van der Waals surface area contributed by atoms with Crippen molar-refractivity contribution < 1.29 is 9.94 Å². The summed E-state index contributed by atoms with van der Waals surface area (Å²) >= 11 is 0. The first kappa shape index (κ1) is 9.45. The highest BCUT2D eigenvalue weighted by atomic mass is 16.6. The minimum atomic E-state index is -0.427. The first-order chi connectivity index (χ1) is 5.75. The molecular formula is C9H14NO2. The summed E-state index contributed by atoms with van der Waals surface area (Å²) in [7, 11) is 0. The normalized spacial score (nSPS) is 22.4. The van der Waals surface area contributed by atoms with Crippen molar-refractivity contribution in [1.82, 2.24) is 5.06 Å². The molecule has 1 heterocycles. The van der Waals surface area contributed by atoms with Crippen molar-refractivity contribution in [3.63, 3.8) is 0 Å². The second-order valence-electron chi connectivity index (χ2n) is 3.07. The highest BCUT2D eigenvalue weighted by molar-refractivity contribution is 4.99. The van der Waals surface area contributed by atoms with Crippen molar-refractivity contribution >= 4 is 0 Å². The number of ether oxygens (including phenoxy) is 1. The summed E-state index contributed by atoms with van der Waals surface area (Å²) < 4.78 is 5.10. The van der Waals surface area contributed by atoms with Crippen LogP contribution in [0.5, 0.6) is 0 Å². The SMILES string of the molecule is C=CCC1(CC=C)COCN1[O]. The van der Waals surface area contributed by atoms with E-state index in [0.717, 1.165) is 5.06 Å². The molecule has 0 bridgehead atoms. The predicted molar refractivity (Wildman–Crippen MR) is 45.7 cm³/mol. The zero-order valence-electron chi connectivity index (χ0n) is 7.16. The molecule has 1 saturated heterocycles. The van der Waals surface area contributed by atoms with Crippen LogP contribution < -0.4 is 0 Å². The molecule has 3 heteroatoms. The standard InChI is InChI=1S/C9H14NO2/c1-3-5-9(6-4-2)7-12-8-10(9)11/h3-4H,1-2,5-8H2. The smallest absolute Gasteiger partial charge is 0.126 e. The van der Waals surface area contributed by atoms with Gasteiger partial charge in [0.05, 0.1) is 12.1 Å². The van der Waals surface area contributed by atoms with Gasteiger partial charge in [0.1, 0.15) is 6.73 Å². The Morgan fingerprint density at radius 1 is 1.42 bits per heavy atom. The molecular weight excluding hydrogens is 154 g/mol. The third kappa shape index (κ3) is 1.58. The van der Waals surface area contributed by atoms with Crippen LogP contribution >= 0.6 is 0 Å². The maximum absolute atomic E-state index is 11.4. The van der Waals surface area contributed by atoms with Gasteiger partial charge in [0.15, 0.2) is 0 Å². The topological polar surface area (TPSA) is 32.4 Å². The van der Waals surface area contributed by atoms with Crippen LogP contribution in [-0.2, 0) is 9.94 Å². The molecule has 12 heavy (non-hydrogen) atoms. The van der Waals surface area contributed by atoms with E-state index < -0.39 is 5.54 Å². The van der Waals surface area contributed by atoms with Crippen LogP contribution in [0.25, 0.3) is 0 Å². The molecule has 0 spiro atoms. The molecule has 3 nitrogen and oxygen atoms in total. The van der Waals surface area contributed by atoms with Gasteiger partial charge in [0, 0.05) is 0 Å². The molecule has 1 aliphatic rings. The number of hydrogen-bond donors (Lipinski definition) is 0. The van der Waals surface area contributed by atoms with Gasteiger partial charge >= 0.3 is 0 Å². The monoisotopic (exact) mass is 168 g/mol. The van der Waals surface area contributed by atoms with Crippen molar-refractivity contribution in [3.05, 3.63) is 25.3 Å². The van der Waals surface area contributed by atoms with Crippen LogP contribution in [0.15, 0.2) is 25.3 Å². The van der Waals surface area contributed by atoms with E-state index >= 15 is 0 Å². The molecule has 0 aliphatic carbocycles. The van der Waals surface area contributed by atoms with Crippen molar-refractivity contribution in [2.75, 3.05) is 13.3 Å². The van der Waals surface area contributed by atoms with Crippen LogP contribution in [0, 0.1) is 0 Å². The van der Waals surface area contributed by atoms with E-state index in [4.69, 9.17) is 4.74 Å². The van der Waals surface area contributed by atoms with E-state index in [1.807, 2.05) is 0 Å². The van der Waals surface area contributed by atoms with Crippen LogP contribution in [-0.4, -0.2) is 23.9 Å². The molecule has 0 amide bonds. The summed E-state index contributed by atoms with van der Waals surface area (Å²) in [5.74, 6) is 0. The molecule has 0 saturated carbocycles. The van der Waals surface area contributed by atoms with E-state index in [-0.39, 0.29) is 6.73 Å². The lowest BCUT2D eigenvalue weighted by atomic mass is 9.93. The average Bonchev–Trinajstić information content (AvgIpc) is 2.35. The van der Waals surface area contributed by atoms with E-state index in [1.165, 1.54) is 0 Å². The number of nitrogens with zero attached hydrogens (tertiary/aromatic N) is 1. The van der Waals surface area contributed by atoms with E-state index in [2.05, 4.69) is 13.2 Å². The maximum Gasteiger partial charge on any atom is 0.126 e. The van der Waals surface area contributed by atoms with E-state index in [9.17, 15) is 5.21 Å². The summed E-state index contributed by atoms with van der Waals surface area (Å²) in [6.45, 7) is 7.91. The molecule has 0 unspecified atom stereocenters. The molecule has 1 rings (SSSR count). The van der Waals surface area contributed by atoms with Gasteiger partial charge in [-0.15, -0.1) is 23.4 Å². The summed E-state index contributed by atoms with van der Waals surface area (Å²) in [6, 6.07) is 0. The van der Waals surface area contributed by atoms with Crippen LogP contribution in [0.3, 0.4) is 0 Å². The molecule has 67 valence electrons. The molecule has 0 aromatic heterocycles. The Morgan fingerprint density at radius 2 is 2.00 bits per heavy atom. The molecule has 0 N–H and O–H groups in total. The molecule has 1 fully saturated rings. The largest absolute Gasteiger partial charge is 0.362 e. The zero-order chi connectivity index (χ0) is 9.03. The van der Waals surface area contributed by atoms with Gasteiger partial charge in [0.25, 0.3) is 0 Å². The van der Waals surface area contributed by atoms with Gasteiger partial charge in [-0.1, -0.05) is 12.2 Å². The molecule has 0 aromatic carbocycles. The zero-order valence-corrected chi connectivity index (χ0v) is 7.16. The number of hydrogen-bond acceptors (Lipinski definition) is 2. The Balaban J connectivity index is 2.69. The van der Waals surface area contributed by atoms with Gasteiger partial charge < -0.3 is 4.74 Å². The van der Waals surface area contributed by atoms with E-state index in [1.54, 1.807) is 12.2 Å². The second kappa shape index (κ2) is 3.85. The molecule has 1 radical (unpaired) electrons. The lowest BCUT2D eigenvalue weighted by Crippen LogP contribution is -2.42.